The maximum atomic E-state index is 13.5. The highest BCUT2D eigenvalue weighted by Gasteiger charge is 2.28. The highest BCUT2D eigenvalue weighted by atomic mass is 32.2. The molecule has 2 heterocycles. The van der Waals surface area contributed by atoms with E-state index in [2.05, 4.69) is 59.1 Å². The molecule has 4 aromatic rings. The lowest BCUT2D eigenvalue weighted by Crippen LogP contribution is -2.35. The van der Waals surface area contributed by atoms with Crippen molar-refractivity contribution in [2.24, 2.45) is 0 Å². The molecule has 1 aliphatic carbocycles. The van der Waals surface area contributed by atoms with Crippen molar-refractivity contribution >= 4 is 54.3 Å². The molecule has 0 bridgehead atoms. The zero-order valence-corrected chi connectivity index (χ0v) is 44.6. The van der Waals surface area contributed by atoms with Gasteiger partial charge in [0.1, 0.15) is 29.3 Å². The molecular formula is C56H66N5O12S2+. The summed E-state index contributed by atoms with van der Waals surface area (Å²) in [4.78, 5) is 28.8. The van der Waals surface area contributed by atoms with Crippen molar-refractivity contribution in [2.75, 3.05) is 102 Å². The van der Waals surface area contributed by atoms with Crippen molar-refractivity contribution in [3.05, 3.63) is 125 Å². The molecule has 75 heavy (non-hydrogen) atoms. The molecule has 2 aliphatic heterocycles. The molecule has 0 saturated carbocycles. The van der Waals surface area contributed by atoms with E-state index in [-0.39, 0.29) is 87.8 Å². The highest BCUT2D eigenvalue weighted by molar-refractivity contribution is 7.89. The molecule has 0 spiro atoms. The molecule has 19 heteroatoms. The fraction of sp³-hybridized carbons (Fsp3) is 0.375. The van der Waals surface area contributed by atoms with Crippen LogP contribution in [-0.4, -0.2) is 125 Å². The van der Waals surface area contributed by atoms with Crippen LogP contribution >= 0.6 is 0 Å². The monoisotopic (exact) mass is 1060 g/mol. The zero-order chi connectivity index (χ0) is 53.4. The van der Waals surface area contributed by atoms with Crippen LogP contribution in [0.2, 0.25) is 0 Å². The molecule has 398 valence electrons. The average molecular weight is 1070 g/mol. The Labute approximate surface area is 439 Å². The number of para-hydroxylation sites is 1. The van der Waals surface area contributed by atoms with Crippen molar-refractivity contribution in [2.45, 2.75) is 56.9 Å². The Morgan fingerprint density at radius 3 is 2.04 bits per heavy atom. The summed E-state index contributed by atoms with van der Waals surface area (Å²) in [5.41, 5.74) is 5.93. The molecule has 2 amide bonds. The molecule has 0 fully saturated rings. The molecule has 0 unspecified atom stereocenters. The first kappa shape index (κ1) is 56.3. The van der Waals surface area contributed by atoms with Crippen molar-refractivity contribution in [3.63, 3.8) is 0 Å². The number of ether oxygens (including phenoxy) is 4. The highest BCUT2D eigenvalue weighted by Crippen LogP contribution is 2.43. The Hall–Kier alpha value is -6.47. The summed E-state index contributed by atoms with van der Waals surface area (Å²) in [6, 6.07) is 30.4. The number of rotatable bonds is 27. The Morgan fingerprint density at radius 1 is 0.707 bits per heavy atom. The number of nitrogens with one attached hydrogen (secondary N) is 2. The number of carbonyl (C=O) groups is 2. The minimum Gasteiger partial charge on any atom is -0.456 e. The molecular weight excluding hydrogens is 999 g/mol. The predicted octanol–water partition coefficient (Wildman–Crippen LogP) is 6.30. The molecule has 3 aliphatic rings. The first-order chi connectivity index (χ1) is 36.3. The van der Waals surface area contributed by atoms with Crippen molar-refractivity contribution in [3.8, 4) is 34.3 Å². The third kappa shape index (κ3) is 14.7. The lowest BCUT2D eigenvalue weighted by Gasteiger charge is -2.26. The largest absolute Gasteiger partial charge is 0.456 e. The summed E-state index contributed by atoms with van der Waals surface area (Å²) in [5.74, 6) is 6.55. The van der Waals surface area contributed by atoms with Crippen LogP contribution in [0.4, 0.5) is 11.4 Å². The van der Waals surface area contributed by atoms with E-state index in [1.165, 1.54) is 12.1 Å². The predicted molar refractivity (Wildman–Crippen MR) is 289 cm³/mol. The topological polar surface area (TPSA) is 206 Å². The summed E-state index contributed by atoms with van der Waals surface area (Å²) in [6.45, 7) is 13.4. The van der Waals surface area contributed by atoms with E-state index in [1.54, 1.807) is 4.90 Å². The molecule has 0 aromatic heterocycles. The van der Waals surface area contributed by atoms with Crippen LogP contribution in [0.1, 0.15) is 57.2 Å². The van der Waals surface area contributed by atoms with E-state index >= 15 is 0 Å². The van der Waals surface area contributed by atoms with Gasteiger partial charge in [0.05, 0.1) is 76.0 Å². The Bertz CT molecular complexity index is 3280. The standard InChI is InChI=1S/C56H65N5O12S2/c1-5-59(6-2)44-19-22-47-51(37-44)73-52-38-45(60(7-3)8-4)20-23-48(52)56(47)49-24-21-46(39-53(49)75(66,67)68)74(64,65)58-28-30-70-32-34-72-36-35-71-33-31-69-29-26-54(62)57-27-25-55(63)61-40-43-15-10-9-13-41(43)17-18-42-14-11-12-16-50(42)61/h9-16,19-24,37-39,58H,5-8,25-36,40H2,1-4H3,(H-,57,62,66,67,68)/p+1. The Kier molecular flexibility index (Phi) is 20.1. The lowest BCUT2D eigenvalue weighted by atomic mass is 9.93. The number of hydrogen-bond donors (Lipinski definition) is 3. The maximum absolute atomic E-state index is 13.5. The van der Waals surface area contributed by atoms with Crippen LogP contribution in [0.3, 0.4) is 0 Å². The first-order valence-electron chi connectivity index (χ1n) is 25.3. The normalized spacial score (nSPS) is 12.4. The van der Waals surface area contributed by atoms with E-state index in [4.69, 9.17) is 23.4 Å². The quantitative estimate of drug-likeness (QED) is 0.0171. The SMILES string of the molecule is CCN(CC)c1ccc2c(-c3ccc(S(=O)(=O)NCCOCCOCCOCCOCCC(=O)NCCC(=O)N4Cc5ccccc5C#Cc5ccccc54)cc3S(=O)(=O)O)c3ccc(=[N+](CC)CC)cc-3oc2c1. The number of benzene rings is 5. The summed E-state index contributed by atoms with van der Waals surface area (Å²) in [5, 5.41) is 4.30. The second kappa shape index (κ2) is 26.8. The maximum Gasteiger partial charge on any atom is 0.295 e. The van der Waals surface area contributed by atoms with Gasteiger partial charge in [-0.25, -0.2) is 17.7 Å². The number of hydrogen-bond acceptors (Lipinski definition) is 12. The number of sulfonamides is 1. The number of anilines is 2. The molecule has 3 N–H and O–H groups in total. The zero-order valence-electron chi connectivity index (χ0n) is 42.9. The fourth-order valence-corrected chi connectivity index (χ4v) is 10.7. The lowest BCUT2D eigenvalue weighted by molar-refractivity contribution is -0.122. The van der Waals surface area contributed by atoms with E-state index in [9.17, 15) is 31.0 Å². The van der Waals surface area contributed by atoms with Gasteiger partial charge in [-0.3, -0.25) is 14.1 Å². The van der Waals surface area contributed by atoms with Gasteiger partial charge in [-0.05, 0) is 81.8 Å². The number of fused-ring (bicyclic) bond motifs is 4. The molecule has 4 aromatic carbocycles. The minimum absolute atomic E-state index is 0.00531. The minimum atomic E-state index is -4.95. The van der Waals surface area contributed by atoms with Crippen LogP contribution < -0.4 is 29.8 Å². The smallest absolute Gasteiger partial charge is 0.295 e. The third-order valence-electron chi connectivity index (χ3n) is 12.7. The van der Waals surface area contributed by atoms with E-state index in [0.29, 0.717) is 47.6 Å². The van der Waals surface area contributed by atoms with Gasteiger partial charge in [-0.2, -0.15) is 8.42 Å². The molecule has 0 atom stereocenters. The van der Waals surface area contributed by atoms with E-state index in [1.807, 2.05) is 84.9 Å². The molecule has 7 rings (SSSR count). The van der Waals surface area contributed by atoms with Crippen molar-refractivity contribution in [1.82, 2.24) is 14.6 Å². The van der Waals surface area contributed by atoms with Gasteiger partial charge in [0.25, 0.3) is 10.1 Å². The van der Waals surface area contributed by atoms with Crippen LogP contribution in [0.15, 0.2) is 117 Å². The van der Waals surface area contributed by atoms with Gasteiger partial charge in [0.15, 0.2) is 0 Å². The van der Waals surface area contributed by atoms with Crippen LogP contribution in [0.5, 0.6) is 0 Å². The molecule has 17 nitrogen and oxygen atoms in total. The van der Waals surface area contributed by atoms with Gasteiger partial charge in [-0.1, -0.05) is 48.2 Å². The number of carbonyl (C=O) groups excluding carboxylic acids is 2. The van der Waals surface area contributed by atoms with Crippen LogP contribution in [-0.2, 0) is 55.2 Å². The Balaban J connectivity index is 0.808. The molecule has 0 saturated heterocycles. The van der Waals surface area contributed by atoms with E-state index < -0.39 is 25.0 Å². The van der Waals surface area contributed by atoms with E-state index in [0.717, 1.165) is 65.7 Å². The molecule has 0 radical (unpaired) electrons. The summed E-state index contributed by atoms with van der Waals surface area (Å²) in [6.07, 6.45) is 0.262. The van der Waals surface area contributed by atoms with Crippen molar-refractivity contribution < 1.29 is 54.3 Å². The van der Waals surface area contributed by atoms with Gasteiger partial charge in [0, 0.05) is 90.0 Å². The number of amides is 2. The summed E-state index contributed by atoms with van der Waals surface area (Å²) in [7, 11) is -9.20. The van der Waals surface area contributed by atoms with Crippen molar-refractivity contribution in [1.29, 1.82) is 0 Å². The van der Waals surface area contributed by atoms with Gasteiger partial charge >= 0.3 is 0 Å². The van der Waals surface area contributed by atoms with Gasteiger partial charge in [-0.15, -0.1) is 0 Å². The summed E-state index contributed by atoms with van der Waals surface area (Å²) < 4.78 is 97.0. The second-order valence-corrected chi connectivity index (χ2v) is 20.6. The summed E-state index contributed by atoms with van der Waals surface area (Å²) >= 11 is 0. The number of nitrogens with zero attached hydrogens (tertiary/aromatic N) is 3. The Morgan fingerprint density at radius 2 is 1.35 bits per heavy atom. The van der Waals surface area contributed by atoms with Gasteiger partial charge in [0.2, 0.25) is 27.2 Å². The fourth-order valence-electron chi connectivity index (χ4n) is 8.82. The third-order valence-corrected chi connectivity index (χ3v) is 15.1. The average Bonchev–Trinajstić information content (AvgIpc) is 3.40. The van der Waals surface area contributed by atoms with Crippen LogP contribution in [0, 0.1) is 11.8 Å². The van der Waals surface area contributed by atoms with Crippen LogP contribution in [0.25, 0.3) is 33.4 Å². The van der Waals surface area contributed by atoms with Gasteiger partial charge < -0.3 is 38.5 Å². The second-order valence-electron chi connectivity index (χ2n) is 17.4. The first-order valence-corrected chi connectivity index (χ1v) is 28.2.